The minimum Gasteiger partial charge on any atom is -0.330 e. The van der Waals surface area contributed by atoms with E-state index in [2.05, 4.69) is 27.7 Å². The number of nitrogens with two attached hydrogens (primary N) is 1. The molecule has 1 saturated carbocycles. The van der Waals surface area contributed by atoms with E-state index in [0.717, 1.165) is 17.9 Å². The summed E-state index contributed by atoms with van der Waals surface area (Å²) < 4.78 is 13.5. The topological polar surface area (TPSA) is 26.0 Å². The van der Waals surface area contributed by atoms with Crippen LogP contribution in [-0.2, 0) is 6.42 Å². The van der Waals surface area contributed by atoms with E-state index < -0.39 is 0 Å². The molecule has 0 unspecified atom stereocenters. The summed E-state index contributed by atoms with van der Waals surface area (Å²) in [4.78, 5) is 0. The van der Waals surface area contributed by atoms with E-state index in [1.165, 1.54) is 31.2 Å². The highest BCUT2D eigenvalue weighted by Gasteiger charge is 2.38. The van der Waals surface area contributed by atoms with Gasteiger partial charge in [-0.15, -0.1) is 0 Å². The largest absolute Gasteiger partial charge is 0.330 e. The fourth-order valence-electron chi connectivity index (χ4n) is 3.78. The van der Waals surface area contributed by atoms with Gasteiger partial charge in [-0.25, -0.2) is 4.39 Å². The van der Waals surface area contributed by atoms with Gasteiger partial charge in [-0.3, -0.25) is 0 Å². The number of halogens is 1. The predicted molar refractivity (Wildman–Crippen MR) is 87.7 cm³/mol. The smallest absolute Gasteiger partial charge is 0.123 e. The van der Waals surface area contributed by atoms with Crippen molar-refractivity contribution in [3.63, 3.8) is 0 Å². The lowest BCUT2D eigenvalue weighted by Crippen LogP contribution is -2.39. The van der Waals surface area contributed by atoms with Crippen LogP contribution < -0.4 is 5.73 Å². The van der Waals surface area contributed by atoms with E-state index in [4.69, 9.17) is 5.73 Å². The lowest BCUT2D eigenvalue weighted by molar-refractivity contribution is 0.0925. The molecule has 1 fully saturated rings. The second-order valence-electron chi connectivity index (χ2n) is 8.09. The van der Waals surface area contributed by atoms with Crippen molar-refractivity contribution in [1.29, 1.82) is 0 Å². The zero-order valence-corrected chi connectivity index (χ0v) is 14.0. The Morgan fingerprint density at radius 1 is 1.24 bits per heavy atom. The summed E-state index contributed by atoms with van der Waals surface area (Å²) in [5, 5.41) is 0. The molecule has 1 aliphatic carbocycles. The van der Waals surface area contributed by atoms with Gasteiger partial charge in [-0.1, -0.05) is 26.8 Å². The molecule has 1 aromatic carbocycles. The number of benzene rings is 1. The minimum atomic E-state index is -0.133. The minimum absolute atomic E-state index is 0.133. The quantitative estimate of drug-likeness (QED) is 0.845. The van der Waals surface area contributed by atoms with Crippen LogP contribution >= 0.6 is 0 Å². The summed E-state index contributed by atoms with van der Waals surface area (Å²) in [5.74, 6) is 0.650. The standard InChI is InChI=1S/C19H30FN/c1-14-5-6-17(20)11-15(14)12-19(13-21)9-7-16(8-10-19)18(2,3)4/h5-6,11,16H,7-10,12-13,21H2,1-4H3. The lowest BCUT2D eigenvalue weighted by Gasteiger charge is -2.44. The molecule has 0 bridgehead atoms. The van der Waals surface area contributed by atoms with Crippen LogP contribution in [0.25, 0.3) is 0 Å². The van der Waals surface area contributed by atoms with E-state index in [0.29, 0.717) is 12.0 Å². The number of hydrogen-bond acceptors (Lipinski definition) is 1. The monoisotopic (exact) mass is 291 g/mol. The molecule has 2 rings (SSSR count). The van der Waals surface area contributed by atoms with Gasteiger partial charge >= 0.3 is 0 Å². The second kappa shape index (κ2) is 6.08. The Balaban J connectivity index is 2.12. The zero-order chi connectivity index (χ0) is 15.7. The van der Waals surface area contributed by atoms with Crippen molar-refractivity contribution < 1.29 is 4.39 Å². The number of hydrogen-bond donors (Lipinski definition) is 1. The first-order valence-corrected chi connectivity index (χ1v) is 8.21. The summed E-state index contributed by atoms with van der Waals surface area (Å²) in [6.45, 7) is 9.79. The Bertz CT molecular complexity index is 479. The first kappa shape index (κ1) is 16.5. The van der Waals surface area contributed by atoms with Crippen LogP contribution in [0.15, 0.2) is 18.2 Å². The van der Waals surface area contributed by atoms with Crippen molar-refractivity contribution in [3.8, 4) is 0 Å². The maximum absolute atomic E-state index is 13.5. The van der Waals surface area contributed by atoms with E-state index >= 15 is 0 Å². The molecule has 2 heteroatoms. The van der Waals surface area contributed by atoms with Crippen molar-refractivity contribution in [2.75, 3.05) is 6.54 Å². The molecule has 0 aliphatic heterocycles. The summed E-state index contributed by atoms with van der Waals surface area (Å²) in [5.41, 5.74) is 9.00. The van der Waals surface area contributed by atoms with Crippen LogP contribution in [0.1, 0.15) is 57.6 Å². The van der Waals surface area contributed by atoms with Crippen LogP contribution in [-0.4, -0.2) is 6.54 Å². The molecule has 0 aromatic heterocycles. The normalized spacial score (nSPS) is 26.9. The van der Waals surface area contributed by atoms with Crippen molar-refractivity contribution in [2.45, 2.75) is 59.8 Å². The molecule has 0 heterocycles. The molecule has 0 amide bonds. The Hall–Kier alpha value is -0.890. The van der Waals surface area contributed by atoms with Gasteiger partial charge < -0.3 is 5.73 Å². The Kier molecular flexibility index (Phi) is 4.77. The second-order valence-corrected chi connectivity index (χ2v) is 8.09. The molecular weight excluding hydrogens is 261 g/mol. The third-order valence-electron chi connectivity index (χ3n) is 5.58. The summed E-state index contributed by atoms with van der Waals surface area (Å²) in [6.07, 6.45) is 5.75. The van der Waals surface area contributed by atoms with Crippen molar-refractivity contribution in [1.82, 2.24) is 0 Å². The van der Waals surface area contributed by atoms with Crippen molar-refractivity contribution >= 4 is 0 Å². The number of aryl methyl sites for hydroxylation is 1. The average Bonchev–Trinajstić information content (AvgIpc) is 2.42. The first-order valence-electron chi connectivity index (χ1n) is 8.21. The highest BCUT2D eigenvalue weighted by molar-refractivity contribution is 5.28. The molecule has 0 atom stereocenters. The highest BCUT2D eigenvalue weighted by atomic mass is 19.1. The van der Waals surface area contributed by atoms with Crippen molar-refractivity contribution in [3.05, 3.63) is 35.1 Å². The fourth-order valence-corrected chi connectivity index (χ4v) is 3.78. The fraction of sp³-hybridized carbons (Fsp3) is 0.684. The molecule has 118 valence electrons. The molecule has 2 N–H and O–H groups in total. The third-order valence-corrected chi connectivity index (χ3v) is 5.58. The highest BCUT2D eigenvalue weighted by Crippen LogP contribution is 2.46. The SMILES string of the molecule is Cc1ccc(F)cc1CC1(CN)CCC(C(C)(C)C)CC1. The Morgan fingerprint density at radius 3 is 2.38 bits per heavy atom. The van der Waals surface area contributed by atoms with Crippen molar-refractivity contribution in [2.24, 2.45) is 22.5 Å². The van der Waals surface area contributed by atoms with Gasteiger partial charge in [0.2, 0.25) is 0 Å². The van der Waals surface area contributed by atoms with Crippen LogP contribution in [0.3, 0.4) is 0 Å². The maximum Gasteiger partial charge on any atom is 0.123 e. The molecule has 0 radical (unpaired) electrons. The lowest BCUT2D eigenvalue weighted by atomic mass is 9.62. The molecule has 1 nitrogen and oxygen atoms in total. The van der Waals surface area contributed by atoms with Gasteiger partial charge in [-0.2, -0.15) is 0 Å². The molecule has 21 heavy (non-hydrogen) atoms. The Labute approximate surface area is 129 Å². The summed E-state index contributed by atoms with van der Waals surface area (Å²) in [6, 6.07) is 5.13. The zero-order valence-electron chi connectivity index (χ0n) is 14.0. The molecule has 0 spiro atoms. The third kappa shape index (κ3) is 3.85. The van der Waals surface area contributed by atoms with Gasteiger partial charge in [0.15, 0.2) is 0 Å². The summed E-state index contributed by atoms with van der Waals surface area (Å²) >= 11 is 0. The van der Waals surface area contributed by atoms with E-state index in [1.54, 1.807) is 12.1 Å². The maximum atomic E-state index is 13.5. The average molecular weight is 291 g/mol. The van der Waals surface area contributed by atoms with Gasteiger partial charge in [0, 0.05) is 0 Å². The van der Waals surface area contributed by atoms with Gasteiger partial charge in [0.1, 0.15) is 5.82 Å². The number of rotatable bonds is 3. The van der Waals surface area contributed by atoms with E-state index in [9.17, 15) is 4.39 Å². The molecule has 1 aliphatic rings. The van der Waals surface area contributed by atoms with E-state index in [-0.39, 0.29) is 11.2 Å². The van der Waals surface area contributed by atoms with Gasteiger partial charge in [-0.05, 0) is 85.6 Å². The van der Waals surface area contributed by atoms with E-state index in [1.807, 2.05) is 6.07 Å². The van der Waals surface area contributed by atoms with Gasteiger partial charge in [0.05, 0.1) is 0 Å². The van der Waals surface area contributed by atoms with Crippen LogP contribution in [0.2, 0.25) is 0 Å². The van der Waals surface area contributed by atoms with Crippen LogP contribution in [0.4, 0.5) is 4.39 Å². The summed E-state index contributed by atoms with van der Waals surface area (Å²) in [7, 11) is 0. The predicted octanol–water partition coefficient (Wildman–Crippen LogP) is 4.86. The van der Waals surface area contributed by atoms with Crippen LogP contribution in [0.5, 0.6) is 0 Å². The first-order chi connectivity index (χ1) is 9.76. The van der Waals surface area contributed by atoms with Gasteiger partial charge in [0.25, 0.3) is 0 Å². The molecule has 1 aromatic rings. The molecular formula is C19H30FN. The molecule has 0 saturated heterocycles. The Morgan fingerprint density at radius 2 is 1.86 bits per heavy atom. The van der Waals surface area contributed by atoms with Crippen LogP contribution in [0, 0.1) is 29.5 Å².